The molecule has 14 nitrogen and oxygen atoms in total. The van der Waals surface area contributed by atoms with Gasteiger partial charge in [-0.2, -0.15) is 5.26 Å². The van der Waals surface area contributed by atoms with E-state index in [9.17, 15) is 29.2 Å². The third kappa shape index (κ3) is 12.7. The van der Waals surface area contributed by atoms with Gasteiger partial charge in [-0.3, -0.25) is 24.0 Å². The van der Waals surface area contributed by atoms with Crippen LogP contribution in [-0.2, 0) is 32.0 Å². The van der Waals surface area contributed by atoms with Crippen molar-refractivity contribution in [3.63, 3.8) is 0 Å². The molecule has 14 heteroatoms. The fourth-order valence-electron chi connectivity index (χ4n) is 7.42. The highest BCUT2D eigenvalue weighted by atomic mass is 16.5. The molecule has 0 aromatic heterocycles. The zero-order valence-electron chi connectivity index (χ0n) is 35.4. The Kier molecular flexibility index (Phi) is 18.2. The highest BCUT2D eigenvalue weighted by Crippen LogP contribution is 2.40. The second-order valence-corrected chi connectivity index (χ2v) is 15.4. The van der Waals surface area contributed by atoms with E-state index in [0.29, 0.717) is 45.7 Å². The predicted molar refractivity (Wildman–Crippen MR) is 230 cm³/mol. The number of nitrogens with zero attached hydrogens (tertiary/aromatic N) is 2. The third-order valence-corrected chi connectivity index (χ3v) is 10.7. The van der Waals surface area contributed by atoms with Crippen LogP contribution in [0.4, 0.5) is 0 Å². The van der Waals surface area contributed by atoms with Gasteiger partial charge in [-0.15, -0.1) is 0 Å². The minimum atomic E-state index is -1.17. The lowest BCUT2D eigenvalue weighted by Gasteiger charge is -2.31. The quantitative estimate of drug-likeness (QED) is 0.115. The first-order valence-corrected chi connectivity index (χ1v) is 20.9. The maximum Gasteiger partial charge on any atom is 0.251 e. The lowest BCUT2D eigenvalue weighted by molar-refractivity contribution is -0.140. The number of amides is 3. The van der Waals surface area contributed by atoms with Gasteiger partial charge in [0.2, 0.25) is 11.8 Å². The van der Waals surface area contributed by atoms with Crippen molar-refractivity contribution in [3.05, 3.63) is 82.4 Å². The lowest BCUT2D eigenvalue weighted by atomic mass is 9.89. The molecule has 0 spiro atoms. The summed E-state index contributed by atoms with van der Waals surface area (Å²) < 4.78 is 12.2. The Labute approximate surface area is 353 Å². The molecular weight excluding hydrogens is 763 g/mol. The Morgan fingerprint density at radius 3 is 2.27 bits per heavy atom. The van der Waals surface area contributed by atoms with Gasteiger partial charge in [0.1, 0.15) is 30.8 Å². The molecule has 0 fully saturated rings. The van der Waals surface area contributed by atoms with Gasteiger partial charge in [-0.05, 0) is 91.7 Å². The molecule has 3 aromatic carbocycles. The molecule has 8 N–H and O–H groups in total. The Bertz CT molecular complexity index is 2030. The van der Waals surface area contributed by atoms with Gasteiger partial charge in [0, 0.05) is 74.5 Å². The molecule has 0 aliphatic carbocycles. The van der Waals surface area contributed by atoms with Crippen molar-refractivity contribution in [2.24, 2.45) is 23.1 Å². The number of ketones is 2. The highest BCUT2D eigenvalue weighted by Gasteiger charge is 2.34. The molecule has 60 heavy (non-hydrogen) atoms. The average molecular weight is 824 g/mol. The molecule has 4 atom stereocenters. The summed E-state index contributed by atoms with van der Waals surface area (Å²) in [5.41, 5.74) is 22.4. The van der Waals surface area contributed by atoms with Gasteiger partial charge in [-0.1, -0.05) is 44.5 Å². The first-order valence-electron chi connectivity index (χ1n) is 20.9. The molecule has 0 saturated heterocycles. The summed E-state index contributed by atoms with van der Waals surface area (Å²) in [6.45, 7) is 6.65. The number of benzene rings is 3. The van der Waals surface area contributed by atoms with Crippen molar-refractivity contribution in [2.75, 3.05) is 39.9 Å². The molecular formula is C46H61N7O7. The van der Waals surface area contributed by atoms with Crippen LogP contribution in [0.25, 0.3) is 11.1 Å². The van der Waals surface area contributed by atoms with E-state index in [2.05, 4.69) is 17.6 Å². The third-order valence-electron chi connectivity index (χ3n) is 10.7. The first kappa shape index (κ1) is 47.1. The molecule has 0 unspecified atom stereocenters. The number of nitrogens with one attached hydrogen (secondary N) is 2. The fraction of sp³-hybridized carbons (Fsp3) is 0.478. The Morgan fingerprint density at radius 2 is 1.63 bits per heavy atom. The highest BCUT2D eigenvalue weighted by molar-refractivity contribution is 5.97. The van der Waals surface area contributed by atoms with Crippen LogP contribution in [0, 0.1) is 24.2 Å². The number of rotatable bonds is 19. The maximum absolute atomic E-state index is 14.5. The summed E-state index contributed by atoms with van der Waals surface area (Å²) in [5.74, 6) is -2.01. The van der Waals surface area contributed by atoms with Crippen LogP contribution in [0.15, 0.2) is 54.6 Å². The van der Waals surface area contributed by atoms with Crippen molar-refractivity contribution in [1.29, 1.82) is 5.26 Å². The molecule has 4 rings (SSSR count). The first-order chi connectivity index (χ1) is 28.8. The van der Waals surface area contributed by atoms with Crippen LogP contribution in [0.3, 0.4) is 0 Å². The number of ether oxygens (including phenoxy) is 2. The fourth-order valence-corrected chi connectivity index (χ4v) is 7.42. The van der Waals surface area contributed by atoms with Crippen molar-refractivity contribution >= 4 is 29.3 Å². The van der Waals surface area contributed by atoms with Gasteiger partial charge < -0.3 is 42.2 Å². The van der Waals surface area contributed by atoms with Gasteiger partial charge in [-0.25, -0.2) is 0 Å². The Hall–Kier alpha value is -5.62. The Morgan fingerprint density at radius 1 is 0.950 bits per heavy atom. The van der Waals surface area contributed by atoms with E-state index in [1.54, 1.807) is 43.3 Å². The van der Waals surface area contributed by atoms with E-state index >= 15 is 0 Å². The van der Waals surface area contributed by atoms with Crippen LogP contribution in [0.5, 0.6) is 11.5 Å². The van der Waals surface area contributed by atoms with Crippen LogP contribution < -0.4 is 37.3 Å². The van der Waals surface area contributed by atoms with Crippen molar-refractivity contribution in [1.82, 2.24) is 15.5 Å². The lowest BCUT2D eigenvalue weighted by Crippen LogP contribution is -2.46. The number of hydrogen-bond donors (Lipinski definition) is 5. The van der Waals surface area contributed by atoms with Gasteiger partial charge >= 0.3 is 0 Å². The number of aryl methyl sites for hydroxylation is 2. The SMILES string of the molecule is CCCCc1ccc(C(=O)N[C@@H](CCN)CC(=O)N(C)[C@@H]2C(=O)C[C@@H](C)C(=O)N[C@H](C(=O)CCC#N)Cc3ccc(OCCN)c(c3)-c3cc2ccc3OCCN)c(C)c1. The largest absolute Gasteiger partial charge is 0.492 e. The van der Waals surface area contributed by atoms with Gasteiger partial charge in [0.15, 0.2) is 11.6 Å². The monoisotopic (exact) mass is 823 g/mol. The normalized spacial score (nSPS) is 17.1. The van der Waals surface area contributed by atoms with Crippen LogP contribution in [-0.4, -0.2) is 86.2 Å². The predicted octanol–water partition coefficient (Wildman–Crippen LogP) is 4.23. The number of Topliss-reactive ketones (excluding diaryl/α,β-unsaturated/α-hetero) is 2. The standard InChI is InChI=1S/C46H61N7O7/c1-5-6-8-31-10-13-35(29(2)23-31)46(58)51-34(16-18-48)28-43(56)53(4)44-33-12-15-42(60-22-20-50)37(27-33)36-25-32(11-14-41(36)59-21-19-49)26-38(39(54)9-7-17-47)52-45(57)30(3)24-40(44)55/h10-15,23,25,27,30,34,38,44H,5-9,16,18-22,24,26,28,48-50H2,1-4H3,(H,51,58)(H,52,57)/t30-,34+,38+,44+/m1/s1. The summed E-state index contributed by atoms with van der Waals surface area (Å²) in [5, 5.41) is 15.0. The van der Waals surface area contributed by atoms with Crippen molar-refractivity contribution < 1.29 is 33.4 Å². The van der Waals surface area contributed by atoms with E-state index in [1.807, 2.05) is 31.2 Å². The molecule has 1 heterocycles. The van der Waals surface area contributed by atoms with Crippen molar-refractivity contribution in [3.8, 4) is 28.7 Å². The number of fused-ring (bicyclic) bond motifs is 5. The maximum atomic E-state index is 14.5. The van der Waals surface area contributed by atoms with Crippen LogP contribution in [0.2, 0.25) is 0 Å². The molecule has 1 aliphatic heterocycles. The molecule has 3 amide bonds. The molecule has 0 radical (unpaired) electrons. The molecule has 3 aromatic rings. The van der Waals surface area contributed by atoms with E-state index in [4.69, 9.17) is 26.7 Å². The summed E-state index contributed by atoms with van der Waals surface area (Å²) in [4.78, 5) is 70.9. The van der Waals surface area contributed by atoms with Gasteiger partial charge in [0.25, 0.3) is 5.91 Å². The number of nitrogens with two attached hydrogens (primary N) is 3. The zero-order chi connectivity index (χ0) is 43.8. The minimum absolute atomic E-state index is 0.0191. The number of hydrogen-bond acceptors (Lipinski definition) is 11. The van der Waals surface area contributed by atoms with E-state index in [0.717, 1.165) is 30.4 Å². The number of nitriles is 1. The summed E-state index contributed by atoms with van der Waals surface area (Å²) in [6.07, 6.45) is 2.96. The second kappa shape index (κ2) is 23.2. The molecule has 4 bridgehead atoms. The zero-order valence-corrected chi connectivity index (χ0v) is 35.4. The summed E-state index contributed by atoms with van der Waals surface area (Å²) >= 11 is 0. The summed E-state index contributed by atoms with van der Waals surface area (Å²) in [6, 6.07) is 15.5. The summed E-state index contributed by atoms with van der Waals surface area (Å²) in [7, 11) is 1.53. The average Bonchev–Trinajstić information content (AvgIpc) is 3.23. The van der Waals surface area contributed by atoms with E-state index < -0.39 is 41.6 Å². The van der Waals surface area contributed by atoms with E-state index in [-0.39, 0.29) is 76.6 Å². The van der Waals surface area contributed by atoms with Crippen LogP contribution in [0.1, 0.15) is 97.4 Å². The molecule has 1 aliphatic rings. The minimum Gasteiger partial charge on any atom is -0.492 e. The van der Waals surface area contributed by atoms with Gasteiger partial charge in [0.05, 0.1) is 12.1 Å². The van der Waals surface area contributed by atoms with E-state index in [1.165, 1.54) is 11.9 Å². The topological polar surface area (TPSA) is 233 Å². The number of carbonyl (C=O) groups is 5. The number of likely N-dealkylation sites (N-methyl/N-ethyl adjacent to an activating group) is 1. The number of unbranched alkanes of at least 4 members (excludes halogenated alkanes) is 1. The smallest absolute Gasteiger partial charge is 0.251 e. The second-order valence-electron chi connectivity index (χ2n) is 15.4. The van der Waals surface area contributed by atoms with Crippen LogP contribution >= 0.6 is 0 Å². The molecule has 0 saturated carbocycles. The van der Waals surface area contributed by atoms with Crippen molar-refractivity contribution in [2.45, 2.75) is 96.7 Å². The number of carbonyl (C=O) groups excluding carboxylic acids is 5. The Balaban J connectivity index is 1.78. The molecule has 322 valence electrons.